The highest BCUT2D eigenvalue weighted by Crippen LogP contribution is 2.23. The Kier molecular flexibility index (Phi) is 1.93. The van der Waals surface area contributed by atoms with Crippen LogP contribution >= 0.6 is 0 Å². The average Bonchev–Trinajstić information content (AvgIpc) is 2.75. The van der Waals surface area contributed by atoms with E-state index in [0.717, 1.165) is 5.76 Å². The minimum Gasteiger partial charge on any atom is -0.459 e. The number of hydrogen-bond donors (Lipinski definition) is 0. The third-order valence-electron chi connectivity index (χ3n) is 1.82. The van der Waals surface area contributed by atoms with Gasteiger partial charge in [-0.15, -0.1) is 0 Å². The number of nitrogens with zero attached hydrogens (tertiary/aromatic N) is 1. The zero-order valence-corrected chi connectivity index (χ0v) is 7.65. The van der Waals surface area contributed by atoms with Crippen molar-refractivity contribution in [1.29, 1.82) is 0 Å². The number of rotatable bonds is 2. The van der Waals surface area contributed by atoms with E-state index in [1.54, 1.807) is 12.5 Å². The summed E-state index contributed by atoms with van der Waals surface area (Å²) in [5.74, 6) is 2.46. The SMILES string of the molecule is CC(C)c1cnc(-c2ccco2)o1. The van der Waals surface area contributed by atoms with E-state index in [4.69, 9.17) is 8.83 Å². The largest absolute Gasteiger partial charge is 0.459 e. The summed E-state index contributed by atoms with van der Waals surface area (Å²) in [6.45, 7) is 4.12. The fourth-order valence-corrected chi connectivity index (χ4v) is 1.07. The van der Waals surface area contributed by atoms with Gasteiger partial charge in [0.25, 0.3) is 5.89 Å². The zero-order chi connectivity index (χ0) is 9.26. The highest BCUT2D eigenvalue weighted by molar-refractivity contribution is 5.43. The van der Waals surface area contributed by atoms with Gasteiger partial charge in [-0.1, -0.05) is 13.8 Å². The molecule has 2 aromatic rings. The lowest BCUT2D eigenvalue weighted by Crippen LogP contribution is -1.80. The van der Waals surface area contributed by atoms with Crippen LogP contribution < -0.4 is 0 Å². The molecule has 0 radical (unpaired) electrons. The molecular formula is C10H11NO2. The molecule has 0 fully saturated rings. The van der Waals surface area contributed by atoms with Gasteiger partial charge in [-0.3, -0.25) is 0 Å². The van der Waals surface area contributed by atoms with Crippen LogP contribution in [0.15, 0.2) is 33.4 Å². The lowest BCUT2D eigenvalue weighted by molar-refractivity contribution is 0.471. The topological polar surface area (TPSA) is 39.2 Å². The molecule has 0 amide bonds. The molecule has 13 heavy (non-hydrogen) atoms. The Balaban J connectivity index is 2.33. The van der Waals surface area contributed by atoms with E-state index in [9.17, 15) is 0 Å². The lowest BCUT2D eigenvalue weighted by Gasteiger charge is -1.95. The summed E-state index contributed by atoms with van der Waals surface area (Å²) in [4.78, 5) is 4.12. The Morgan fingerprint density at radius 1 is 1.38 bits per heavy atom. The molecule has 0 atom stereocenters. The molecule has 2 rings (SSSR count). The third-order valence-corrected chi connectivity index (χ3v) is 1.82. The van der Waals surface area contributed by atoms with Crippen LogP contribution in [0.4, 0.5) is 0 Å². The molecule has 0 saturated carbocycles. The van der Waals surface area contributed by atoms with Gasteiger partial charge < -0.3 is 8.83 Å². The monoisotopic (exact) mass is 177 g/mol. The average molecular weight is 177 g/mol. The molecule has 68 valence electrons. The fraction of sp³-hybridized carbons (Fsp3) is 0.300. The van der Waals surface area contributed by atoms with Crippen LogP contribution in [-0.2, 0) is 0 Å². The van der Waals surface area contributed by atoms with Crippen LogP contribution in [0.2, 0.25) is 0 Å². The van der Waals surface area contributed by atoms with Crippen LogP contribution in [0.25, 0.3) is 11.7 Å². The number of hydrogen-bond acceptors (Lipinski definition) is 3. The standard InChI is InChI=1S/C10H11NO2/c1-7(2)9-6-11-10(13-9)8-4-3-5-12-8/h3-7H,1-2H3. The first-order valence-electron chi connectivity index (χ1n) is 4.27. The van der Waals surface area contributed by atoms with Crippen molar-refractivity contribution in [3.8, 4) is 11.7 Å². The van der Waals surface area contributed by atoms with Crippen molar-refractivity contribution >= 4 is 0 Å². The van der Waals surface area contributed by atoms with Gasteiger partial charge in [-0.25, -0.2) is 4.98 Å². The molecule has 0 aromatic carbocycles. The highest BCUT2D eigenvalue weighted by atomic mass is 16.4. The van der Waals surface area contributed by atoms with Crippen molar-refractivity contribution in [2.24, 2.45) is 0 Å². The summed E-state index contributed by atoms with van der Waals surface area (Å²) >= 11 is 0. The molecular weight excluding hydrogens is 166 g/mol. The molecule has 0 saturated heterocycles. The minimum absolute atomic E-state index is 0.358. The van der Waals surface area contributed by atoms with E-state index in [1.165, 1.54) is 0 Å². The van der Waals surface area contributed by atoms with Gasteiger partial charge in [0.15, 0.2) is 5.76 Å². The highest BCUT2D eigenvalue weighted by Gasteiger charge is 2.10. The second kappa shape index (κ2) is 3.09. The first-order valence-corrected chi connectivity index (χ1v) is 4.27. The number of aromatic nitrogens is 1. The Morgan fingerprint density at radius 3 is 2.77 bits per heavy atom. The number of oxazole rings is 1. The smallest absolute Gasteiger partial charge is 0.262 e. The van der Waals surface area contributed by atoms with Gasteiger partial charge in [-0.2, -0.15) is 0 Å². The molecule has 0 bridgehead atoms. The van der Waals surface area contributed by atoms with Crippen molar-refractivity contribution in [1.82, 2.24) is 4.98 Å². The van der Waals surface area contributed by atoms with Crippen molar-refractivity contribution in [3.05, 3.63) is 30.4 Å². The maximum Gasteiger partial charge on any atom is 0.262 e. The van der Waals surface area contributed by atoms with Crippen LogP contribution in [0, 0.1) is 0 Å². The van der Waals surface area contributed by atoms with E-state index in [2.05, 4.69) is 18.8 Å². The molecule has 0 aliphatic heterocycles. The second-order valence-corrected chi connectivity index (χ2v) is 3.20. The van der Waals surface area contributed by atoms with Crippen molar-refractivity contribution in [3.63, 3.8) is 0 Å². The molecule has 0 spiro atoms. The van der Waals surface area contributed by atoms with Gasteiger partial charge in [-0.05, 0) is 12.1 Å². The summed E-state index contributed by atoms with van der Waals surface area (Å²) in [6, 6.07) is 3.64. The summed E-state index contributed by atoms with van der Waals surface area (Å²) in [6.07, 6.45) is 3.34. The Bertz CT molecular complexity index is 373. The molecule has 3 nitrogen and oxygen atoms in total. The predicted molar refractivity (Wildman–Crippen MR) is 48.3 cm³/mol. The Morgan fingerprint density at radius 2 is 2.23 bits per heavy atom. The Labute approximate surface area is 76.4 Å². The molecule has 0 aliphatic carbocycles. The summed E-state index contributed by atoms with van der Waals surface area (Å²) in [5.41, 5.74) is 0. The van der Waals surface area contributed by atoms with Crippen molar-refractivity contribution in [2.75, 3.05) is 0 Å². The summed E-state index contributed by atoms with van der Waals surface area (Å²) in [5, 5.41) is 0. The van der Waals surface area contributed by atoms with Crippen LogP contribution in [0.5, 0.6) is 0 Å². The molecule has 0 unspecified atom stereocenters. The van der Waals surface area contributed by atoms with E-state index in [-0.39, 0.29) is 0 Å². The Hall–Kier alpha value is -1.51. The maximum atomic E-state index is 5.48. The van der Waals surface area contributed by atoms with Gasteiger partial charge in [0.1, 0.15) is 5.76 Å². The van der Waals surface area contributed by atoms with Crippen LogP contribution in [0.1, 0.15) is 25.5 Å². The summed E-state index contributed by atoms with van der Waals surface area (Å²) < 4.78 is 10.6. The minimum atomic E-state index is 0.358. The van der Waals surface area contributed by atoms with E-state index in [0.29, 0.717) is 17.6 Å². The van der Waals surface area contributed by atoms with Crippen molar-refractivity contribution < 1.29 is 8.83 Å². The predicted octanol–water partition coefficient (Wildman–Crippen LogP) is 3.06. The van der Waals surface area contributed by atoms with E-state index in [1.807, 2.05) is 12.1 Å². The molecule has 2 heterocycles. The fourth-order valence-electron chi connectivity index (χ4n) is 1.07. The normalized spacial score (nSPS) is 11.0. The third kappa shape index (κ3) is 1.49. The van der Waals surface area contributed by atoms with Gasteiger partial charge in [0.2, 0.25) is 0 Å². The lowest BCUT2D eigenvalue weighted by atomic mass is 10.2. The van der Waals surface area contributed by atoms with E-state index >= 15 is 0 Å². The first-order chi connectivity index (χ1) is 6.27. The van der Waals surface area contributed by atoms with Gasteiger partial charge >= 0.3 is 0 Å². The maximum absolute atomic E-state index is 5.48. The first kappa shape index (κ1) is 8.10. The molecule has 0 aliphatic rings. The zero-order valence-electron chi connectivity index (χ0n) is 7.65. The van der Waals surface area contributed by atoms with Crippen molar-refractivity contribution in [2.45, 2.75) is 19.8 Å². The summed E-state index contributed by atoms with van der Waals surface area (Å²) in [7, 11) is 0. The number of furan rings is 1. The molecule has 2 aromatic heterocycles. The molecule has 3 heteroatoms. The van der Waals surface area contributed by atoms with Crippen LogP contribution in [0.3, 0.4) is 0 Å². The molecule has 0 N–H and O–H groups in total. The second-order valence-electron chi connectivity index (χ2n) is 3.20. The van der Waals surface area contributed by atoms with Gasteiger partial charge in [0, 0.05) is 5.92 Å². The van der Waals surface area contributed by atoms with Crippen LogP contribution in [-0.4, -0.2) is 4.98 Å². The van der Waals surface area contributed by atoms with Gasteiger partial charge in [0.05, 0.1) is 12.5 Å². The quantitative estimate of drug-likeness (QED) is 0.707. The van der Waals surface area contributed by atoms with E-state index < -0.39 is 0 Å².